The van der Waals surface area contributed by atoms with Crippen LogP contribution in [0.4, 0.5) is 0 Å². The van der Waals surface area contributed by atoms with Crippen LogP contribution in [0.3, 0.4) is 0 Å². The molecule has 0 saturated carbocycles. The van der Waals surface area contributed by atoms with E-state index < -0.39 is 0 Å². The molecule has 2 heterocycles. The van der Waals surface area contributed by atoms with Gasteiger partial charge in [-0.2, -0.15) is 0 Å². The molecule has 1 aromatic rings. The van der Waals surface area contributed by atoms with E-state index in [1.807, 2.05) is 0 Å². The number of piperazine rings is 1. The Kier molecular flexibility index (Phi) is 6.17. The molecule has 1 aliphatic heterocycles. The van der Waals surface area contributed by atoms with Crippen molar-refractivity contribution in [3.8, 4) is 0 Å². The van der Waals surface area contributed by atoms with Crippen molar-refractivity contribution in [2.75, 3.05) is 39.8 Å². The van der Waals surface area contributed by atoms with Crippen LogP contribution in [0.2, 0.25) is 5.02 Å². The predicted molar refractivity (Wildman–Crippen MR) is 89.3 cm³/mol. The second-order valence-corrected chi connectivity index (χ2v) is 6.66. The third-order valence-corrected chi connectivity index (χ3v) is 4.44. The number of carbonyl (C=O) groups excluding carboxylic acids is 1. The molecule has 2 rings (SSSR count). The molecular weight excluding hydrogens is 300 g/mol. The average Bonchev–Trinajstić information content (AvgIpc) is 2.48. The smallest absolute Gasteiger partial charge is 0.269 e. The fraction of sp³-hybridized carbons (Fsp3) is 0.625. The normalized spacial score (nSPS) is 18.4. The summed E-state index contributed by atoms with van der Waals surface area (Å²) in [5.74, 6) is 0.318. The first kappa shape index (κ1) is 17.2. The maximum absolute atomic E-state index is 12.2. The van der Waals surface area contributed by atoms with E-state index in [1.54, 1.807) is 18.3 Å². The minimum absolute atomic E-state index is 0.165. The molecule has 0 bridgehead atoms. The Balaban J connectivity index is 1.93. The molecule has 1 aliphatic rings. The molecule has 1 saturated heterocycles. The van der Waals surface area contributed by atoms with E-state index in [-0.39, 0.29) is 5.91 Å². The average molecular weight is 325 g/mol. The van der Waals surface area contributed by atoms with Crippen LogP contribution in [0, 0.1) is 5.92 Å². The highest BCUT2D eigenvalue weighted by Crippen LogP contribution is 2.13. The first-order chi connectivity index (χ1) is 10.5. The van der Waals surface area contributed by atoms with Crippen molar-refractivity contribution in [2.45, 2.75) is 19.9 Å². The Morgan fingerprint density at radius 1 is 1.36 bits per heavy atom. The van der Waals surface area contributed by atoms with E-state index in [2.05, 4.69) is 41.0 Å². The van der Waals surface area contributed by atoms with Crippen LogP contribution in [-0.4, -0.2) is 66.5 Å². The first-order valence-electron chi connectivity index (χ1n) is 7.79. The Morgan fingerprint density at radius 3 is 2.64 bits per heavy atom. The number of hydrogen-bond donors (Lipinski definition) is 1. The lowest BCUT2D eigenvalue weighted by molar-refractivity contribution is 0.0788. The van der Waals surface area contributed by atoms with Gasteiger partial charge in [0.05, 0.1) is 0 Å². The lowest BCUT2D eigenvalue weighted by Gasteiger charge is -2.39. The molecule has 122 valence electrons. The highest BCUT2D eigenvalue weighted by atomic mass is 35.5. The van der Waals surface area contributed by atoms with Crippen molar-refractivity contribution in [2.24, 2.45) is 5.92 Å². The van der Waals surface area contributed by atoms with E-state index in [0.29, 0.717) is 29.2 Å². The van der Waals surface area contributed by atoms with Gasteiger partial charge < -0.3 is 10.2 Å². The summed E-state index contributed by atoms with van der Waals surface area (Å²) < 4.78 is 0. The zero-order valence-corrected chi connectivity index (χ0v) is 14.3. The summed E-state index contributed by atoms with van der Waals surface area (Å²) in [6.45, 7) is 9.28. The van der Waals surface area contributed by atoms with Crippen LogP contribution in [-0.2, 0) is 0 Å². The Labute approximate surface area is 137 Å². The lowest BCUT2D eigenvalue weighted by Crippen LogP contribution is -2.54. The van der Waals surface area contributed by atoms with E-state index in [4.69, 9.17) is 11.6 Å². The fourth-order valence-electron chi connectivity index (χ4n) is 2.76. The van der Waals surface area contributed by atoms with E-state index in [9.17, 15) is 4.79 Å². The van der Waals surface area contributed by atoms with Gasteiger partial charge in [0.2, 0.25) is 0 Å². The van der Waals surface area contributed by atoms with Crippen molar-refractivity contribution in [3.63, 3.8) is 0 Å². The molecule has 6 heteroatoms. The zero-order valence-electron chi connectivity index (χ0n) is 13.6. The molecule has 22 heavy (non-hydrogen) atoms. The van der Waals surface area contributed by atoms with Crippen LogP contribution >= 0.6 is 11.6 Å². The van der Waals surface area contributed by atoms with Crippen molar-refractivity contribution < 1.29 is 4.79 Å². The second kappa shape index (κ2) is 7.90. The van der Waals surface area contributed by atoms with Crippen molar-refractivity contribution in [3.05, 3.63) is 29.0 Å². The Bertz CT molecular complexity index is 501. The maximum Gasteiger partial charge on any atom is 0.269 e. The molecule has 0 radical (unpaired) electrons. The van der Waals surface area contributed by atoms with Crippen molar-refractivity contribution in [1.29, 1.82) is 0 Å². The van der Waals surface area contributed by atoms with Crippen LogP contribution in [0.1, 0.15) is 24.3 Å². The van der Waals surface area contributed by atoms with Crippen LogP contribution in [0.25, 0.3) is 0 Å². The molecule has 1 atom stereocenters. The summed E-state index contributed by atoms with van der Waals surface area (Å²) in [5, 5.41) is 3.53. The Hall–Kier alpha value is -1.17. The molecule has 1 N–H and O–H groups in total. The van der Waals surface area contributed by atoms with Gasteiger partial charge in [-0.1, -0.05) is 25.4 Å². The zero-order chi connectivity index (χ0) is 16.1. The second-order valence-electron chi connectivity index (χ2n) is 6.22. The number of nitrogens with zero attached hydrogens (tertiary/aromatic N) is 3. The van der Waals surface area contributed by atoms with Crippen molar-refractivity contribution >= 4 is 17.5 Å². The van der Waals surface area contributed by atoms with E-state index in [0.717, 1.165) is 26.2 Å². The van der Waals surface area contributed by atoms with Gasteiger partial charge in [-0.25, -0.2) is 0 Å². The molecule has 0 aromatic carbocycles. The highest BCUT2D eigenvalue weighted by molar-refractivity contribution is 6.30. The van der Waals surface area contributed by atoms with E-state index >= 15 is 0 Å². The summed E-state index contributed by atoms with van der Waals surface area (Å²) in [5.41, 5.74) is 0.369. The molecule has 5 nitrogen and oxygen atoms in total. The van der Waals surface area contributed by atoms with Gasteiger partial charge in [0.15, 0.2) is 0 Å². The lowest BCUT2D eigenvalue weighted by atomic mass is 10.0. The predicted octanol–water partition coefficient (Wildman–Crippen LogP) is 1.74. The molecule has 0 aliphatic carbocycles. The van der Waals surface area contributed by atoms with Gasteiger partial charge in [-0.15, -0.1) is 0 Å². The largest absolute Gasteiger partial charge is 0.349 e. The number of hydrogen-bond acceptors (Lipinski definition) is 4. The summed E-state index contributed by atoms with van der Waals surface area (Å²) in [4.78, 5) is 21.1. The summed E-state index contributed by atoms with van der Waals surface area (Å²) in [6.07, 6.45) is 1.55. The third-order valence-electron chi connectivity index (χ3n) is 4.20. The van der Waals surface area contributed by atoms with Crippen molar-refractivity contribution in [1.82, 2.24) is 20.1 Å². The quantitative estimate of drug-likeness (QED) is 0.896. The van der Waals surface area contributed by atoms with Gasteiger partial charge in [-0.05, 0) is 25.1 Å². The molecule has 0 spiro atoms. The van der Waals surface area contributed by atoms with Gasteiger partial charge in [0.25, 0.3) is 5.91 Å². The van der Waals surface area contributed by atoms with E-state index in [1.165, 1.54) is 0 Å². The standard InChI is InChI=1S/C16H25ClN4O/c1-12(2)15(21-8-6-20(3)7-9-21)11-19-16(22)14-10-13(17)4-5-18-14/h4-5,10,12,15H,6-9,11H2,1-3H3,(H,19,22). The van der Waals surface area contributed by atoms with Crippen LogP contribution < -0.4 is 5.32 Å². The maximum atomic E-state index is 12.2. The highest BCUT2D eigenvalue weighted by Gasteiger charge is 2.25. The minimum Gasteiger partial charge on any atom is -0.349 e. The number of likely N-dealkylation sites (N-methyl/N-ethyl adjacent to an activating group) is 1. The monoisotopic (exact) mass is 324 g/mol. The van der Waals surface area contributed by atoms with Gasteiger partial charge in [0, 0.05) is 50.0 Å². The summed E-state index contributed by atoms with van der Waals surface area (Å²) in [6, 6.07) is 3.60. The Morgan fingerprint density at radius 2 is 2.05 bits per heavy atom. The third kappa shape index (κ3) is 4.66. The first-order valence-corrected chi connectivity index (χ1v) is 8.17. The summed E-state index contributed by atoms with van der Waals surface area (Å²) in [7, 11) is 2.15. The minimum atomic E-state index is -0.165. The van der Waals surface area contributed by atoms with Gasteiger partial charge in [-0.3, -0.25) is 14.7 Å². The van der Waals surface area contributed by atoms with Gasteiger partial charge >= 0.3 is 0 Å². The number of halogens is 1. The molecule has 1 amide bonds. The number of nitrogens with one attached hydrogen (secondary N) is 1. The number of aromatic nitrogens is 1. The molecule has 1 fully saturated rings. The molecule has 1 unspecified atom stereocenters. The number of amides is 1. The number of carbonyl (C=O) groups is 1. The SMILES string of the molecule is CC(C)C(CNC(=O)c1cc(Cl)ccn1)N1CCN(C)CC1. The van der Waals surface area contributed by atoms with Crippen LogP contribution in [0.15, 0.2) is 18.3 Å². The topological polar surface area (TPSA) is 48.5 Å². The summed E-state index contributed by atoms with van der Waals surface area (Å²) >= 11 is 5.90. The molecular formula is C16H25ClN4O. The number of rotatable bonds is 5. The number of pyridine rings is 1. The fourth-order valence-corrected chi connectivity index (χ4v) is 2.92. The van der Waals surface area contributed by atoms with Crippen LogP contribution in [0.5, 0.6) is 0 Å². The van der Waals surface area contributed by atoms with Gasteiger partial charge in [0.1, 0.15) is 5.69 Å². The molecule has 1 aromatic heterocycles.